The Morgan fingerprint density at radius 3 is 0.772 bits per heavy atom. The molecule has 0 saturated heterocycles. The fourth-order valence-corrected chi connectivity index (χ4v) is 9.32. The van der Waals surface area contributed by atoms with Gasteiger partial charge in [-0.15, -0.1) is 0 Å². The zero-order valence-electron chi connectivity index (χ0n) is 51.9. The van der Waals surface area contributed by atoms with E-state index in [1.807, 2.05) is 0 Å². The van der Waals surface area contributed by atoms with E-state index in [1.165, 1.54) is 154 Å². The summed E-state index contributed by atoms with van der Waals surface area (Å²) in [7, 11) is 0. The molecule has 0 aromatic rings. The molecule has 0 bridgehead atoms. The standard InChI is InChI=1S/C73H124O6/c1-4-7-10-13-16-19-22-24-26-28-30-32-33-34-35-36-37-38-39-40-41-42-44-45-47-49-51-54-57-60-63-66-72(75)78-69-70(68-77-71(74)65-62-59-56-53-21-18-15-12-9-6-3)79-73(76)67-64-61-58-55-52-50-48-46-43-31-29-27-25-23-20-17-14-11-8-5-2/h7,10,16,19,24,26,30,32,34-35,37-38,40-41,44-45,49,51,70H,4-6,8-9,11-15,17-18,20-23,25,27-29,31,33,36,39,42-43,46-48,50,52-69H2,1-3H3/b10-7-,19-16-,26-24-,32-30-,35-34-,38-37-,41-40-,45-44-,51-49-. The summed E-state index contributed by atoms with van der Waals surface area (Å²) in [5, 5.41) is 0. The molecule has 6 nitrogen and oxygen atoms in total. The molecule has 452 valence electrons. The molecule has 1 atom stereocenters. The van der Waals surface area contributed by atoms with Crippen molar-refractivity contribution in [2.45, 2.75) is 322 Å². The van der Waals surface area contributed by atoms with E-state index in [4.69, 9.17) is 14.2 Å². The van der Waals surface area contributed by atoms with Gasteiger partial charge in [0.25, 0.3) is 0 Å². The van der Waals surface area contributed by atoms with Crippen LogP contribution < -0.4 is 0 Å². The van der Waals surface area contributed by atoms with Crippen LogP contribution in [0, 0.1) is 0 Å². The summed E-state index contributed by atoms with van der Waals surface area (Å²) in [4.78, 5) is 38.2. The molecular formula is C73H124O6. The zero-order chi connectivity index (χ0) is 57.1. The monoisotopic (exact) mass is 1100 g/mol. The fraction of sp³-hybridized carbons (Fsp3) is 0.712. The zero-order valence-corrected chi connectivity index (χ0v) is 51.9. The normalized spacial score (nSPS) is 12.8. The molecule has 0 aliphatic carbocycles. The molecule has 0 aliphatic rings. The first-order valence-electron chi connectivity index (χ1n) is 33.4. The molecule has 0 aromatic heterocycles. The van der Waals surface area contributed by atoms with E-state index in [0.717, 1.165) is 122 Å². The Morgan fingerprint density at radius 2 is 0.494 bits per heavy atom. The van der Waals surface area contributed by atoms with Crippen LogP contribution in [0.25, 0.3) is 0 Å². The summed E-state index contributed by atoms with van der Waals surface area (Å²) in [5.74, 6) is -0.909. The van der Waals surface area contributed by atoms with Crippen LogP contribution in [0.1, 0.15) is 316 Å². The highest BCUT2D eigenvalue weighted by Crippen LogP contribution is 2.17. The number of ether oxygens (including phenoxy) is 3. The van der Waals surface area contributed by atoms with E-state index >= 15 is 0 Å². The Balaban J connectivity index is 4.30. The van der Waals surface area contributed by atoms with Crippen molar-refractivity contribution < 1.29 is 28.6 Å². The van der Waals surface area contributed by atoms with Crippen molar-refractivity contribution in [3.8, 4) is 0 Å². The van der Waals surface area contributed by atoms with Crippen molar-refractivity contribution >= 4 is 17.9 Å². The van der Waals surface area contributed by atoms with Gasteiger partial charge < -0.3 is 14.2 Å². The van der Waals surface area contributed by atoms with E-state index in [1.54, 1.807) is 0 Å². The van der Waals surface area contributed by atoms with Crippen molar-refractivity contribution in [3.63, 3.8) is 0 Å². The second kappa shape index (κ2) is 66.6. The van der Waals surface area contributed by atoms with Gasteiger partial charge in [-0.25, -0.2) is 0 Å². The SMILES string of the molecule is CC/C=C\C/C=C\C/C=C\C/C=C\C/C=C\C/C=C\C/C=C\C/C=C\C/C=C\CCCCCC(=O)OCC(COC(=O)CCCCCCCCCCCC)OC(=O)CCCCCCCCCCCCCCCCCCCCCC. The maximum atomic E-state index is 12.9. The molecule has 0 heterocycles. The third-order valence-electron chi connectivity index (χ3n) is 14.3. The lowest BCUT2D eigenvalue weighted by Crippen LogP contribution is -2.30. The Hall–Kier alpha value is -3.93. The molecule has 0 saturated carbocycles. The van der Waals surface area contributed by atoms with Gasteiger partial charge in [-0.05, 0) is 89.9 Å². The number of hydrogen-bond acceptors (Lipinski definition) is 6. The minimum Gasteiger partial charge on any atom is -0.462 e. The second-order valence-corrected chi connectivity index (χ2v) is 22.0. The smallest absolute Gasteiger partial charge is 0.306 e. The summed E-state index contributed by atoms with van der Waals surface area (Å²) < 4.78 is 16.9. The second-order valence-electron chi connectivity index (χ2n) is 22.0. The number of esters is 3. The number of carbonyl (C=O) groups is 3. The number of rotatable bonds is 60. The van der Waals surface area contributed by atoms with Crippen LogP contribution in [0.4, 0.5) is 0 Å². The number of carbonyl (C=O) groups excluding carboxylic acids is 3. The molecule has 0 aromatic carbocycles. The molecule has 0 spiro atoms. The first kappa shape index (κ1) is 75.1. The molecule has 0 N–H and O–H groups in total. The van der Waals surface area contributed by atoms with Crippen molar-refractivity contribution in [1.29, 1.82) is 0 Å². The fourth-order valence-electron chi connectivity index (χ4n) is 9.32. The molecule has 0 radical (unpaired) electrons. The number of allylic oxidation sites excluding steroid dienone is 18. The predicted molar refractivity (Wildman–Crippen MR) is 343 cm³/mol. The van der Waals surface area contributed by atoms with Crippen LogP contribution in [0.15, 0.2) is 109 Å². The molecular weight excluding hydrogens is 973 g/mol. The van der Waals surface area contributed by atoms with E-state index in [-0.39, 0.29) is 31.1 Å². The average Bonchev–Trinajstić information content (AvgIpc) is 3.45. The first-order chi connectivity index (χ1) is 39.0. The molecule has 0 rings (SSSR count). The van der Waals surface area contributed by atoms with Crippen LogP contribution in [-0.2, 0) is 28.6 Å². The van der Waals surface area contributed by atoms with E-state index < -0.39 is 6.10 Å². The first-order valence-corrected chi connectivity index (χ1v) is 33.4. The van der Waals surface area contributed by atoms with Crippen molar-refractivity contribution in [3.05, 3.63) is 109 Å². The Morgan fingerprint density at radius 1 is 0.266 bits per heavy atom. The van der Waals surface area contributed by atoms with Gasteiger partial charge in [0.2, 0.25) is 0 Å². The minimum absolute atomic E-state index is 0.0852. The third kappa shape index (κ3) is 64.8. The highest BCUT2D eigenvalue weighted by molar-refractivity contribution is 5.71. The Kier molecular flexibility index (Phi) is 63.3. The van der Waals surface area contributed by atoms with E-state index in [9.17, 15) is 14.4 Å². The van der Waals surface area contributed by atoms with Crippen molar-refractivity contribution in [2.75, 3.05) is 13.2 Å². The van der Waals surface area contributed by atoms with E-state index in [0.29, 0.717) is 19.3 Å². The minimum atomic E-state index is -0.790. The van der Waals surface area contributed by atoms with Gasteiger partial charge in [-0.1, -0.05) is 316 Å². The lowest BCUT2D eigenvalue weighted by atomic mass is 10.0. The molecule has 0 amide bonds. The van der Waals surface area contributed by atoms with Gasteiger partial charge in [0.1, 0.15) is 13.2 Å². The van der Waals surface area contributed by atoms with Crippen molar-refractivity contribution in [2.24, 2.45) is 0 Å². The summed E-state index contributed by atoms with van der Waals surface area (Å²) in [5.41, 5.74) is 0. The van der Waals surface area contributed by atoms with Gasteiger partial charge in [0, 0.05) is 19.3 Å². The Bertz CT molecular complexity index is 1590. The molecule has 6 heteroatoms. The topological polar surface area (TPSA) is 78.9 Å². The van der Waals surface area contributed by atoms with Crippen LogP contribution in [0.3, 0.4) is 0 Å². The van der Waals surface area contributed by atoms with Gasteiger partial charge in [0.05, 0.1) is 0 Å². The maximum Gasteiger partial charge on any atom is 0.306 e. The van der Waals surface area contributed by atoms with Gasteiger partial charge >= 0.3 is 17.9 Å². The highest BCUT2D eigenvalue weighted by atomic mass is 16.6. The molecule has 0 aliphatic heterocycles. The summed E-state index contributed by atoms with van der Waals surface area (Å²) in [6.07, 6.45) is 91.1. The van der Waals surface area contributed by atoms with Crippen molar-refractivity contribution in [1.82, 2.24) is 0 Å². The van der Waals surface area contributed by atoms with Gasteiger partial charge in [-0.2, -0.15) is 0 Å². The van der Waals surface area contributed by atoms with Gasteiger partial charge in [-0.3, -0.25) is 14.4 Å². The van der Waals surface area contributed by atoms with Crippen LogP contribution in [-0.4, -0.2) is 37.2 Å². The predicted octanol–water partition coefficient (Wildman–Crippen LogP) is 23.0. The molecule has 79 heavy (non-hydrogen) atoms. The van der Waals surface area contributed by atoms with E-state index in [2.05, 4.69) is 130 Å². The van der Waals surface area contributed by atoms with Crippen LogP contribution in [0.5, 0.6) is 0 Å². The summed E-state index contributed by atoms with van der Waals surface area (Å²) >= 11 is 0. The average molecular weight is 1100 g/mol. The lowest BCUT2D eigenvalue weighted by Gasteiger charge is -2.18. The molecule has 1 unspecified atom stereocenters. The van der Waals surface area contributed by atoms with Crippen LogP contribution >= 0.6 is 0 Å². The quantitative estimate of drug-likeness (QED) is 0.0261. The maximum absolute atomic E-state index is 12.9. The number of unbranched alkanes of at least 4 members (excludes halogenated alkanes) is 31. The van der Waals surface area contributed by atoms with Crippen LogP contribution in [0.2, 0.25) is 0 Å². The molecule has 0 fully saturated rings. The lowest BCUT2D eigenvalue weighted by molar-refractivity contribution is -0.167. The summed E-state index contributed by atoms with van der Waals surface area (Å²) in [6, 6.07) is 0. The number of hydrogen-bond donors (Lipinski definition) is 0. The largest absolute Gasteiger partial charge is 0.462 e. The summed E-state index contributed by atoms with van der Waals surface area (Å²) in [6.45, 7) is 6.52. The Labute approximate surface area is 489 Å². The highest BCUT2D eigenvalue weighted by Gasteiger charge is 2.19. The van der Waals surface area contributed by atoms with Gasteiger partial charge in [0.15, 0.2) is 6.10 Å². The third-order valence-corrected chi connectivity index (χ3v) is 14.3.